The number of phenolic OH excluding ortho intramolecular Hbond substituents is 1. The number of benzene rings is 2. The number of aromatic hydroxyl groups is 1. The van der Waals surface area contributed by atoms with E-state index in [4.69, 9.17) is 18.9 Å². The number of aromatic nitrogens is 5. The van der Waals surface area contributed by atoms with E-state index < -0.39 is 23.3 Å². The van der Waals surface area contributed by atoms with E-state index in [0.717, 1.165) is 4.57 Å². The molecule has 3 heterocycles. The summed E-state index contributed by atoms with van der Waals surface area (Å²) in [6.07, 6.45) is 6.61. The Morgan fingerprint density at radius 3 is 2.25 bits per heavy atom. The van der Waals surface area contributed by atoms with Crippen LogP contribution in [0.15, 0.2) is 77.2 Å². The Balaban J connectivity index is 1.27. The minimum atomic E-state index is -0.752. The maximum absolute atomic E-state index is 14.1. The lowest BCUT2D eigenvalue weighted by atomic mass is 9.71. The summed E-state index contributed by atoms with van der Waals surface area (Å²) < 4.78 is 26.8. The molecule has 0 saturated heterocycles. The Bertz CT molecular complexity index is 2540. The molecule has 0 saturated carbocycles. The average Bonchev–Trinajstić information content (AvgIpc) is 3.41. The second-order valence-corrected chi connectivity index (χ2v) is 13.8. The minimum Gasteiger partial charge on any atom is -0.502 e. The largest absolute Gasteiger partial charge is 0.502 e. The third-order valence-corrected chi connectivity index (χ3v) is 10.7. The van der Waals surface area contributed by atoms with Gasteiger partial charge in [0.15, 0.2) is 34.6 Å². The van der Waals surface area contributed by atoms with Gasteiger partial charge in [-0.3, -0.25) is 14.4 Å². The summed E-state index contributed by atoms with van der Waals surface area (Å²) in [6.45, 7) is -0.0959. The minimum absolute atomic E-state index is 0.0164. The highest BCUT2D eigenvalue weighted by Crippen LogP contribution is 2.47. The first-order chi connectivity index (χ1) is 25.4. The van der Waals surface area contributed by atoms with Gasteiger partial charge in [-0.05, 0) is 45.9 Å². The van der Waals surface area contributed by atoms with Crippen LogP contribution in [0, 0.1) is 5.92 Å². The first-order valence-corrected chi connectivity index (χ1v) is 17.6. The molecule has 0 spiro atoms. The third kappa shape index (κ3) is 5.80. The van der Waals surface area contributed by atoms with Crippen molar-refractivity contribution in [2.75, 3.05) is 28.4 Å². The molecule has 0 bridgehead atoms. The molecule has 15 nitrogen and oxygen atoms in total. The summed E-state index contributed by atoms with van der Waals surface area (Å²) in [4.78, 5) is 72.9. The van der Waals surface area contributed by atoms with Gasteiger partial charge < -0.3 is 28.6 Å². The van der Waals surface area contributed by atoms with Gasteiger partial charge in [0.1, 0.15) is 5.69 Å². The fourth-order valence-corrected chi connectivity index (χ4v) is 7.86. The Morgan fingerprint density at radius 1 is 0.925 bits per heavy atom. The molecule has 4 aromatic rings. The van der Waals surface area contributed by atoms with Crippen LogP contribution < -0.4 is 35.9 Å². The number of aryl methyl sites for hydroxylation is 2. The lowest BCUT2D eigenvalue weighted by molar-refractivity contribution is -0.115. The number of fused-ring (bicyclic) bond motifs is 4. The van der Waals surface area contributed by atoms with Gasteiger partial charge in [-0.2, -0.15) is 0 Å². The summed E-state index contributed by atoms with van der Waals surface area (Å²) in [5.41, 5.74) is 1.40. The molecule has 274 valence electrons. The van der Waals surface area contributed by atoms with Crippen molar-refractivity contribution in [3.63, 3.8) is 0 Å². The zero-order chi connectivity index (χ0) is 37.9. The maximum atomic E-state index is 14.1. The Hall–Kier alpha value is -5.65. The van der Waals surface area contributed by atoms with Crippen molar-refractivity contribution in [2.45, 2.75) is 32.0 Å². The quantitative estimate of drug-likeness (QED) is 0.149. The molecule has 1 aliphatic heterocycles. The molecule has 2 aromatic heterocycles. The first-order valence-electron chi connectivity index (χ1n) is 16.5. The Kier molecular flexibility index (Phi) is 9.25. The number of hydrogen-bond donors (Lipinski definition) is 1. The van der Waals surface area contributed by atoms with Gasteiger partial charge in [-0.15, -0.1) is 0 Å². The predicted octanol–water partition coefficient (Wildman–Crippen LogP) is 3.02. The molecule has 53 heavy (non-hydrogen) atoms. The van der Waals surface area contributed by atoms with Crippen molar-refractivity contribution in [1.29, 1.82) is 0 Å². The van der Waals surface area contributed by atoms with E-state index in [0.29, 0.717) is 39.2 Å². The highest BCUT2D eigenvalue weighted by Gasteiger charge is 2.43. The first kappa shape index (κ1) is 35.7. The molecule has 7 rings (SSSR count). The molecule has 0 amide bonds. The summed E-state index contributed by atoms with van der Waals surface area (Å²) in [7, 11) is 7.41. The molecule has 1 N–H and O–H groups in total. The van der Waals surface area contributed by atoms with Gasteiger partial charge in [-0.25, -0.2) is 28.5 Å². The standard InChI is InChI=1S/C37H34IN5O10/c1-40-26-17-29(51-3)28(50-2)16-24(26)39-23(35(40)47)9-10-41-36(48)42-11-8-19-20(7-6-18-12-30(52-4)34(46)31(13-18)53-5)32-21(14-25(19)43(42)37(41)49)27(44)15-22(38)33(32)45/h6-8,12-13,15-17,20,25,46H,9-11,14H2,1-5H3. The number of methoxy groups -OCH3 is 4. The zero-order valence-corrected chi connectivity index (χ0v) is 31.5. The van der Waals surface area contributed by atoms with Gasteiger partial charge in [-0.1, -0.05) is 18.2 Å². The highest BCUT2D eigenvalue weighted by atomic mass is 127. The number of halogens is 1. The number of Topliss-reactive ketones (excluding diaryl/α,β-unsaturated/α-hetero) is 1. The number of phenols is 1. The van der Waals surface area contributed by atoms with Crippen molar-refractivity contribution in [2.24, 2.45) is 13.0 Å². The predicted molar refractivity (Wildman–Crippen MR) is 201 cm³/mol. The molecule has 0 fully saturated rings. The van der Waals surface area contributed by atoms with Gasteiger partial charge in [0.25, 0.3) is 5.56 Å². The second kappa shape index (κ2) is 13.7. The lowest BCUT2D eigenvalue weighted by Gasteiger charge is -2.38. The monoisotopic (exact) mass is 835 g/mol. The van der Waals surface area contributed by atoms with Crippen LogP contribution in [0.2, 0.25) is 0 Å². The highest BCUT2D eigenvalue weighted by molar-refractivity contribution is 14.1. The summed E-state index contributed by atoms with van der Waals surface area (Å²) >= 11 is 1.86. The van der Waals surface area contributed by atoms with E-state index >= 15 is 0 Å². The third-order valence-electron chi connectivity index (χ3n) is 9.93. The van der Waals surface area contributed by atoms with E-state index in [9.17, 15) is 29.1 Å². The molecule has 3 aliphatic rings. The molecular weight excluding hydrogens is 801 g/mol. The van der Waals surface area contributed by atoms with Crippen LogP contribution in [0.25, 0.3) is 17.1 Å². The van der Waals surface area contributed by atoms with E-state index in [-0.39, 0.29) is 75.2 Å². The van der Waals surface area contributed by atoms with Crippen molar-refractivity contribution < 1.29 is 33.6 Å². The zero-order valence-electron chi connectivity index (χ0n) is 29.3. The number of ether oxygens (including phenoxy) is 4. The molecule has 16 heteroatoms. The van der Waals surface area contributed by atoms with E-state index in [2.05, 4.69) is 4.98 Å². The summed E-state index contributed by atoms with van der Waals surface area (Å²) in [5.74, 6) is -0.293. The Labute approximate surface area is 314 Å². The lowest BCUT2D eigenvalue weighted by Crippen LogP contribution is -2.41. The van der Waals surface area contributed by atoms with Gasteiger partial charge in [0.05, 0.1) is 55.6 Å². The fraction of sp³-hybridized carbons (Fsp3) is 0.297. The topological polar surface area (TPSA) is 175 Å². The second-order valence-electron chi connectivity index (χ2n) is 12.6. The number of hydrogen-bond acceptors (Lipinski definition) is 11. The SMILES string of the molecule is COc1cc2nc(CCn3c(=O)n4n(c3=O)C3CC5=C(C(=O)C(I)=CC5=O)C(C=Cc5cc(OC)c(O)c(OC)c5)C3=CC4)c(=O)n(C)c2cc1OC. The number of allylic oxidation sites excluding steroid dienone is 7. The average molecular weight is 836 g/mol. The van der Waals surface area contributed by atoms with Crippen LogP contribution in [0.1, 0.15) is 23.7 Å². The van der Waals surface area contributed by atoms with Crippen molar-refractivity contribution in [1.82, 2.24) is 23.5 Å². The number of rotatable bonds is 9. The molecule has 2 unspecified atom stereocenters. The number of nitrogens with zero attached hydrogens (tertiary/aromatic N) is 5. The van der Waals surface area contributed by atoms with Crippen LogP contribution in [-0.2, 0) is 36.1 Å². The molecule has 2 aromatic carbocycles. The van der Waals surface area contributed by atoms with Crippen molar-refractivity contribution in [3.05, 3.63) is 105 Å². The van der Waals surface area contributed by atoms with Gasteiger partial charge in [0, 0.05) is 61.7 Å². The summed E-state index contributed by atoms with van der Waals surface area (Å²) in [5, 5.41) is 10.4. The van der Waals surface area contributed by atoms with E-state index in [1.54, 1.807) is 43.5 Å². The molecular formula is C37H34IN5O10. The van der Waals surface area contributed by atoms with Crippen LogP contribution in [-0.4, -0.2) is 68.6 Å². The number of carbonyl (C=O) groups excluding carboxylic acids is 2. The van der Waals surface area contributed by atoms with Crippen molar-refractivity contribution in [3.8, 4) is 28.7 Å². The van der Waals surface area contributed by atoms with E-state index in [1.807, 2.05) is 28.7 Å². The van der Waals surface area contributed by atoms with Gasteiger partial charge >= 0.3 is 11.4 Å². The molecule has 2 atom stereocenters. The normalized spacial score (nSPS) is 18.1. The Morgan fingerprint density at radius 2 is 1.58 bits per heavy atom. The fourth-order valence-electron chi connectivity index (χ4n) is 7.29. The summed E-state index contributed by atoms with van der Waals surface area (Å²) in [6, 6.07) is 5.76. The van der Waals surface area contributed by atoms with Crippen LogP contribution in [0.5, 0.6) is 28.7 Å². The van der Waals surface area contributed by atoms with Gasteiger partial charge in [0.2, 0.25) is 5.75 Å². The number of ketones is 2. The molecule has 2 aliphatic carbocycles. The smallest absolute Gasteiger partial charge is 0.347 e. The van der Waals surface area contributed by atoms with Crippen LogP contribution in [0.4, 0.5) is 0 Å². The van der Waals surface area contributed by atoms with Crippen LogP contribution in [0.3, 0.4) is 0 Å². The molecule has 0 radical (unpaired) electrons. The number of carbonyl (C=O) groups is 2. The van der Waals surface area contributed by atoms with Crippen LogP contribution >= 0.6 is 22.6 Å². The maximum Gasteiger partial charge on any atom is 0.347 e. The van der Waals surface area contributed by atoms with E-state index in [1.165, 1.54) is 48.4 Å². The van der Waals surface area contributed by atoms with Crippen molar-refractivity contribution >= 4 is 51.3 Å².